The molecule has 1 unspecified atom stereocenters. The summed E-state index contributed by atoms with van der Waals surface area (Å²) in [6.07, 6.45) is 2.52. The van der Waals surface area contributed by atoms with Gasteiger partial charge in [-0.25, -0.2) is 8.78 Å². The number of hydrogen-bond acceptors (Lipinski definition) is 5. The zero-order valence-corrected chi connectivity index (χ0v) is 20.5. The minimum atomic E-state index is -0.496. The van der Waals surface area contributed by atoms with Crippen LogP contribution in [0.1, 0.15) is 49.9 Å². The molecule has 7 nitrogen and oxygen atoms in total. The molecule has 31 heavy (non-hydrogen) atoms. The molecule has 2 aromatic rings. The highest BCUT2D eigenvalue weighted by molar-refractivity contribution is 14.0. The second-order valence-electron chi connectivity index (χ2n) is 7.87. The summed E-state index contributed by atoms with van der Waals surface area (Å²) in [6.45, 7) is 6.41. The molecule has 0 amide bonds. The molecule has 1 aliphatic rings. The fourth-order valence-electron chi connectivity index (χ4n) is 3.50. The van der Waals surface area contributed by atoms with Gasteiger partial charge in [0.25, 0.3) is 0 Å². The monoisotopic (exact) mass is 548 g/mol. The number of likely N-dealkylation sites (tertiary alicyclic amines) is 1. The number of benzene rings is 1. The number of nitrogens with zero attached hydrogens (tertiary/aromatic N) is 4. The molecule has 1 fully saturated rings. The topological polar surface area (TPSA) is 78.6 Å². The number of nitrogens with one attached hydrogen (secondary N) is 2. The fourth-order valence-corrected chi connectivity index (χ4v) is 3.50. The Hall–Kier alpha value is -1.82. The third-order valence-electron chi connectivity index (χ3n) is 5.14. The molecule has 10 heteroatoms. The first-order valence-corrected chi connectivity index (χ1v) is 10.4. The Morgan fingerprint density at radius 1 is 1.32 bits per heavy atom. The van der Waals surface area contributed by atoms with Crippen molar-refractivity contribution >= 4 is 29.9 Å². The Kier molecular flexibility index (Phi) is 10.1. The van der Waals surface area contributed by atoms with Crippen LogP contribution in [0.25, 0.3) is 0 Å². The lowest BCUT2D eigenvalue weighted by molar-refractivity contribution is 0.188. The zero-order valence-electron chi connectivity index (χ0n) is 18.2. The smallest absolute Gasteiger partial charge is 0.228 e. The summed E-state index contributed by atoms with van der Waals surface area (Å²) in [5.74, 6) is 1.23. The molecule has 1 aromatic carbocycles. The first-order chi connectivity index (χ1) is 14.5. The SMILES string of the molecule is CN=C(NCCc1nc(C(C)C)no1)NC1CCCN(Cc2c(F)cccc2F)C1.I. The normalized spacial score (nSPS) is 17.5. The molecule has 0 radical (unpaired) electrons. The molecule has 0 saturated carbocycles. The maximum atomic E-state index is 14.0. The molecule has 2 heterocycles. The van der Waals surface area contributed by atoms with Crippen LogP contribution in [0.2, 0.25) is 0 Å². The van der Waals surface area contributed by atoms with Crippen LogP contribution in [0.4, 0.5) is 8.78 Å². The van der Waals surface area contributed by atoms with Crippen LogP contribution in [0.15, 0.2) is 27.7 Å². The zero-order chi connectivity index (χ0) is 21.5. The minimum Gasteiger partial charge on any atom is -0.356 e. The predicted octanol–water partition coefficient (Wildman–Crippen LogP) is 3.46. The van der Waals surface area contributed by atoms with Crippen molar-refractivity contribution in [1.82, 2.24) is 25.7 Å². The number of halogens is 3. The second kappa shape index (κ2) is 12.3. The van der Waals surface area contributed by atoms with Gasteiger partial charge in [0, 0.05) is 50.6 Å². The summed E-state index contributed by atoms with van der Waals surface area (Å²) in [5.41, 5.74) is 0.126. The van der Waals surface area contributed by atoms with E-state index in [1.807, 2.05) is 13.8 Å². The van der Waals surface area contributed by atoms with E-state index in [1.165, 1.54) is 18.2 Å². The number of aromatic nitrogens is 2. The van der Waals surface area contributed by atoms with E-state index in [9.17, 15) is 8.78 Å². The minimum absolute atomic E-state index is 0. The number of rotatable bonds is 7. The van der Waals surface area contributed by atoms with Crippen LogP contribution in [-0.4, -0.2) is 53.7 Å². The molecule has 172 valence electrons. The summed E-state index contributed by atoms with van der Waals surface area (Å²) in [6, 6.07) is 4.15. The molecule has 0 bridgehead atoms. The van der Waals surface area contributed by atoms with E-state index in [4.69, 9.17) is 4.52 Å². The molecule has 3 rings (SSSR count). The quantitative estimate of drug-likeness (QED) is 0.314. The Morgan fingerprint density at radius 2 is 2.06 bits per heavy atom. The van der Waals surface area contributed by atoms with E-state index < -0.39 is 11.6 Å². The predicted molar refractivity (Wildman–Crippen MR) is 127 cm³/mol. The molecule has 0 aliphatic carbocycles. The lowest BCUT2D eigenvalue weighted by atomic mass is 10.0. The van der Waals surface area contributed by atoms with E-state index in [1.54, 1.807) is 7.05 Å². The third-order valence-corrected chi connectivity index (χ3v) is 5.14. The van der Waals surface area contributed by atoms with Crippen molar-refractivity contribution < 1.29 is 13.3 Å². The maximum absolute atomic E-state index is 14.0. The summed E-state index contributed by atoms with van der Waals surface area (Å²) in [5, 5.41) is 10.6. The van der Waals surface area contributed by atoms with Crippen LogP contribution in [0.5, 0.6) is 0 Å². The van der Waals surface area contributed by atoms with Crippen molar-refractivity contribution in [2.45, 2.75) is 51.6 Å². The van der Waals surface area contributed by atoms with Gasteiger partial charge in [-0.3, -0.25) is 9.89 Å². The van der Waals surface area contributed by atoms with Gasteiger partial charge >= 0.3 is 0 Å². The van der Waals surface area contributed by atoms with E-state index in [0.29, 0.717) is 37.2 Å². The lowest BCUT2D eigenvalue weighted by Crippen LogP contribution is -2.51. The molecular formula is C21H31F2IN6O. The van der Waals surface area contributed by atoms with Crippen molar-refractivity contribution in [3.63, 3.8) is 0 Å². The van der Waals surface area contributed by atoms with Crippen molar-refractivity contribution in [2.75, 3.05) is 26.7 Å². The highest BCUT2D eigenvalue weighted by Gasteiger charge is 2.22. The van der Waals surface area contributed by atoms with Crippen molar-refractivity contribution in [2.24, 2.45) is 4.99 Å². The van der Waals surface area contributed by atoms with Gasteiger partial charge in [0.2, 0.25) is 5.89 Å². The standard InChI is InChI=1S/C21H30F2N6O.HI/c1-14(2)20-27-19(30-28-20)9-10-25-21(24-3)26-15-6-5-11-29(12-15)13-16-17(22)7-4-8-18(16)23;/h4,7-8,14-15H,5-6,9-13H2,1-3H3,(H2,24,25,26);1H. The Bertz CT molecular complexity index is 840. The van der Waals surface area contributed by atoms with Crippen LogP contribution in [0.3, 0.4) is 0 Å². The third kappa shape index (κ3) is 7.37. The lowest BCUT2D eigenvalue weighted by Gasteiger charge is -2.34. The molecule has 2 N–H and O–H groups in total. The molecule has 1 aliphatic heterocycles. The van der Waals surface area contributed by atoms with Gasteiger partial charge in [0.05, 0.1) is 0 Å². The summed E-state index contributed by atoms with van der Waals surface area (Å²) in [4.78, 5) is 10.7. The van der Waals surface area contributed by atoms with Crippen LogP contribution in [-0.2, 0) is 13.0 Å². The highest BCUT2D eigenvalue weighted by atomic mass is 127. The molecule has 1 aromatic heterocycles. The maximum Gasteiger partial charge on any atom is 0.228 e. The van der Waals surface area contributed by atoms with Crippen molar-refractivity contribution in [3.05, 3.63) is 47.1 Å². The van der Waals surface area contributed by atoms with Gasteiger partial charge in [-0.2, -0.15) is 4.98 Å². The largest absolute Gasteiger partial charge is 0.356 e. The summed E-state index contributed by atoms with van der Waals surface area (Å²) >= 11 is 0. The fraction of sp³-hybridized carbons (Fsp3) is 0.571. The number of guanidine groups is 1. The van der Waals surface area contributed by atoms with E-state index in [-0.39, 0.29) is 48.0 Å². The molecule has 1 saturated heterocycles. The first kappa shape index (κ1) is 25.4. The summed E-state index contributed by atoms with van der Waals surface area (Å²) in [7, 11) is 1.72. The summed E-state index contributed by atoms with van der Waals surface area (Å²) < 4.78 is 33.2. The van der Waals surface area contributed by atoms with Crippen LogP contribution < -0.4 is 10.6 Å². The Labute approximate surface area is 199 Å². The van der Waals surface area contributed by atoms with E-state index in [2.05, 4.69) is 30.7 Å². The molecular weight excluding hydrogens is 517 g/mol. The van der Waals surface area contributed by atoms with Gasteiger partial charge in [-0.1, -0.05) is 25.1 Å². The van der Waals surface area contributed by atoms with Gasteiger partial charge in [-0.15, -0.1) is 24.0 Å². The van der Waals surface area contributed by atoms with Gasteiger partial charge in [0.15, 0.2) is 11.8 Å². The Balaban J connectivity index is 0.00000341. The highest BCUT2D eigenvalue weighted by Crippen LogP contribution is 2.18. The number of hydrogen-bond donors (Lipinski definition) is 2. The Morgan fingerprint density at radius 3 is 2.71 bits per heavy atom. The van der Waals surface area contributed by atoms with Crippen molar-refractivity contribution in [1.29, 1.82) is 0 Å². The average molecular weight is 548 g/mol. The van der Waals surface area contributed by atoms with E-state index >= 15 is 0 Å². The first-order valence-electron chi connectivity index (χ1n) is 10.4. The van der Waals surface area contributed by atoms with Crippen LogP contribution in [0, 0.1) is 11.6 Å². The van der Waals surface area contributed by atoms with Crippen LogP contribution >= 0.6 is 24.0 Å². The number of piperidine rings is 1. The van der Waals surface area contributed by atoms with Crippen molar-refractivity contribution in [3.8, 4) is 0 Å². The van der Waals surface area contributed by atoms with Gasteiger partial charge in [0.1, 0.15) is 11.6 Å². The van der Waals surface area contributed by atoms with E-state index in [0.717, 1.165) is 19.4 Å². The number of aliphatic imine (C=N–C) groups is 1. The second-order valence-corrected chi connectivity index (χ2v) is 7.87. The molecule has 0 spiro atoms. The average Bonchev–Trinajstić information content (AvgIpc) is 3.20. The van der Waals surface area contributed by atoms with Gasteiger partial charge < -0.3 is 15.2 Å². The molecule has 1 atom stereocenters. The van der Waals surface area contributed by atoms with Gasteiger partial charge in [-0.05, 0) is 31.5 Å².